The topological polar surface area (TPSA) is 80.8 Å². The summed E-state index contributed by atoms with van der Waals surface area (Å²) in [6.07, 6.45) is 1.55. The number of aryl methyl sites for hydroxylation is 1. The Morgan fingerprint density at radius 1 is 1.14 bits per heavy atom. The number of ether oxygens (including phenoxy) is 2. The quantitative estimate of drug-likeness (QED) is 0.693. The van der Waals surface area contributed by atoms with Gasteiger partial charge in [-0.3, -0.25) is 9.59 Å². The van der Waals surface area contributed by atoms with Crippen LogP contribution in [-0.2, 0) is 14.3 Å². The third-order valence-electron chi connectivity index (χ3n) is 4.75. The minimum Gasteiger partial charge on any atom is -0.491 e. The molecule has 1 fully saturated rings. The van der Waals surface area contributed by atoms with Gasteiger partial charge in [0, 0.05) is 18.8 Å². The number of rotatable bonds is 8. The second-order valence-corrected chi connectivity index (χ2v) is 7.05. The van der Waals surface area contributed by atoms with Crippen molar-refractivity contribution in [3.63, 3.8) is 0 Å². The Balaban J connectivity index is 1.38. The summed E-state index contributed by atoms with van der Waals surface area (Å²) in [5, 5.41) is 2.85. The van der Waals surface area contributed by atoms with Crippen LogP contribution in [0.3, 0.4) is 0 Å². The first-order valence-corrected chi connectivity index (χ1v) is 9.90. The van der Waals surface area contributed by atoms with Gasteiger partial charge < -0.3 is 19.7 Å². The van der Waals surface area contributed by atoms with Gasteiger partial charge in [-0.15, -0.1) is 0 Å². The van der Waals surface area contributed by atoms with E-state index >= 15 is 0 Å². The lowest BCUT2D eigenvalue weighted by atomic mass is 9.97. The number of para-hydroxylation sites is 1. The summed E-state index contributed by atoms with van der Waals surface area (Å²) in [5.74, 6) is 0.876. The molecule has 1 atom stereocenters. The first kappa shape index (κ1) is 20.8. The van der Waals surface area contributed by atoms with Crippen molar-refractivity contribution in [3.05, 3.63) is 54.2 Å². The zero-order chi connectivity index (χ0) is 20.5. The molecule has 3 rings (SSSR count). The fraction of sp³-hybridized carbons (Fsp3) is 0.409. The molecule has 154 valence electrons. The van der Waals surface area contributed by atoms with E-state index in [1.165, 1.54) is 0 Å². The maximum absolute atomic E-state index is 12.5. The van der Waals surface area contributed by atoms with Crippen LogP contribution in [0.25, 0.3) is 0 Å². The Bertz CT molecular complexity index is 813. The highest BCUT2D eigenvalue weighted by molar-refractivity contribution is 5.92. The molecule has 1 aliphatic heterocycles. The van der Waals surface area contributed by atoms with Crippen molar-refractivity contribution in [1.82, 2.24) is 9.88 Å². The van der Waals surface area contributed by atoms with E-state index in [1.807, 2.05) is 49.4 Å². The van der Waals surface area contributed by atoms with E-state index < -0.39 is 0 Å². The number of benzene rings is 1. The number of carbonyl (C=O) groups is 2. The average molecular weight is 397 g/mol. The van der Waals surface area contributed by atoms with Crippen molar-refractivity contribution in [2.75, 3.05) is 38.2 Å². The summed E-state index contributed by atoms with van der Waals surface area (Å²) in [6.45, 7) is 3.63. The van der Waals surface area contributed by atoms with Crippen LogP contribution in [0, 0.1) is 12.8 Å². The average Bonchev–Trinajstić information content (AvgIpc) is 2.74. The van der Waals surface area contributed by atoms with E-state index in [0.29, 0.717) is 32.1 Å². The van der Waals surface area contributed by atoms with Crippen LogP contribution in [0.5, 0.6) is 5.75 Å². The van der Waals surface area contributed by atoms with Crippen LogP contribution in [0.15, 0.2) is 48.5 Å². The highest BCUT2D eigenvalue weighted by Crippen LogP contribution is 2.18. The highest BCUT2D eigenvalue weighted by Gasteiger charge is 2.28. The molecule has 1 aromatic carbocycles. The van der Waals surface area contributed by atoms with E-state index in [1.54, 1.807) is 11.0 Å². The number of carbonyl (C=O) groups excluding carboxylic acids is 2. The smallest absolute Gasteiger partial charge is 0.248 e. The summed E-state index contributed by atoms with van der Waals surface area (Å²) in [7, 11) is 0. The van der Waals surface area contributed by atoms with Crippen molar-refractivity contribution in [3.8, 4) is 5.75 Å². The highest BCUT2D eigenvalue weighted by atomic mass is 16.5. The van der Waals surface area contributed by atoms with Gasteiger partial charge in [-0.25, -0.2) is 4.98 Å². The number of hydrogen-bond acceptors (Lipinski definition) is 5. The van der Waals surface area contributed by atoms with E-state index in [2.05, 4.69) is 10.3 Å². The molecule has 29 heavy (non-hydrogen) atoms. The maximum atomic E-state index is 12.5. The normalized spacial score (nSPS) is 16.3. The second kappa shape index (κ2) is 10.6. The summed E-state index contributed by atoms with van der Waals surface area (Å²) in [6, 6.07) is 15.0. The molecule has 1 aromatic heterocycles. The number of hydrogen-bond donors (Lipinski definition) is 1. The predicted octanol–water partition coefficient (Wildman–Crippen LogP) is 2.66. The van der Waals surface area contributed by atoms with E-state index in [9.17, 15) is 9.59 Å². The lowest BCUT2D eigenvalue weighted by Gasteiger charge is -2.32. The van der Waals surface area contributed by atoms with Gasteiger partial charge in [0.15, 0.2) is 0 Å². The van der Waals surface area contributed by atoms with Crippen LogP contribution in [0.4, 0.5) is 5.82 Å². The standard InChI is InChI=1S/C22H27N3O4/c1-17-7-5-11-20(23-17)24-22(27)18-8-6-12-25(15-18)21(26)16-28-13-14-29-19-9-3-2-4-10-19/h2-5,7,9-11,18H,6,8,12-16H2,1H3,(H,23,24,27). The van der Waals surface area contributed by atoms with Crippen molar-refractivity contribution < 1.29 is 19.1 Å². The fourth-order valence-corrected chi connectivity index (χ4v) is 3.24. The molecule has 2 heterocycles. The number of pyridine rings is 1. The maximum Gasteiger partial charge on any atom is 0.248 e. The summed E-state index contributed by atoms with van der Waals surface area (Å²) >= 11 is 0. The fourth-order valence-electron chi connectivity index (χ4n) is 3.24. The number of piperidine rings is 1. The van der Waals surface area contributed by atoms with Crippen LogP contribution in [0.2, 0.25) is 0 Å². The lowest BCUT2D eigenvalue weighted by Crippen LogP contribution is -2.45. The summed E-state index contributed by atoms with van der Waals surface area (Å²) < 4.78 is 11.0. The molecule has 2 aromatic rings. The minimum absolute atomic E-state index is 0.00801. The minimum atomic E-state index is -0.239. The molecule has 1 aliphatic rings. The van der Waals surface area contributed by atoms with Crippen LogP contribution in [0.1, 0.15) is 18.5 Å². The number of likely N-dealkylation sites (tertiary alicyclic amines) is 1. The molecule has 0 spiro atoms. The Morgan fingerprint density at radius 3 is 2.76 bits per heavy atom. The lowest BCUT2D eigenvalue weighted by molar-refractivity contribution is -0.139. The molecule has 0 radical (unpaired) electrons. The Labute approximate surface area is 171 Å². The van der Waals surface area contributed by atoms with E-state index in [-0.39, 0.29) is 24.3 Å². The molecule has 1 N–H and O–H groups in total. The third-order valence-corrected chi connectivity index (χ3v) is 4.75. The van der Waals surface area contributed by atoms with Gasteiger partial charge in [-0.05, 0) is 44.0 Å². The van der Waals surface area contributed by atoms with Crippen molar-refractivity contribution >= 4 is 17.6 Å². The Hall–Kier alpha value is -2.93. The SMILES string of the molecule is Cc1cccc(NC(=O)C2CCCN(C(=O)COCCOc3ccccc3)C2)n1. The summed E-state index contributed by atoms with van der Waals surface area (Å²) in [5.41, 5.74) is 0.844. The predicted molar refractivity (Wildman–Crippen MR) is 110 cm³/mol. The van der Waals surface area contributed by atoms with Crippen molar-refractivity contribution in [2.24, 2.45) is 5.92 Å². The van der Waals surface area contributed by atoms with Gasteiger partial charge in [-0.1, -0.05) is 24.3 Å². The molecule has 0 bridgehead atoms. The molecule has 1 saturated heterocycles. The first-order valence-electron chi connectivity index (χ1n) is 9.90. The van der Waals surface area contributed by atoms with Crippen LogP contribution in [-0.4, -0.2) is 54.6 Å². The van der Waals surface area contributed by atoms with Gasteiger partial charge in [0.05, 0.1) is 12.5 Å². The van der Waals surface area contributed by atoms with Gasteiger partial charge >= 0.3 is 0 Å². The first-order chi connectivity index (χ1) is 14.1. The largest absolute Gasteiger partial charge is 0.491 e. The number of anilines is 1. The molecule has 7 nitrogen and oxygen atoms in total. The van der Waals surface area contributed by atoms with E-state index in [4.69, 9.17) is 9.47 Å². The zero-order valence-electron chi connectivity index (χ0n) is 16.7. The molecule has 7 heteroatoms. The molecular weight excluding hydrogens is 370 g/mol. The van der Waals surface area contributed by atoms with Crippen molar-refractivity contribution in [2.45, 2.75) is 19.8 Å². The second-order valence-electron chi connectivity index (χ2n) is 7.05. The van der Waals surface area contributed by atoms with Gasteiger partial charge in [-0.2, -0.15) is 0 Å². The Kier molecular flexibility index (Phi) is 7.58. The third kappa shape index (κ3) is 6.57. The van der Waals surface area contributed by atoms with Crippen LogP contribution >= 0.6 is 0 Å². The molecule has 0 saturated carbocycles. The van der Waals surface area contributed by atoms with E-state index in [0.717, 1.165) is 24.3 Å². The zero-order valence-corrected chi connectivity index (χ0v) is 16.7. The summed E-state index contributed by atoms with van der Waals surface area (Å²) in [4.78, 5) is 31.0. The Morgan fingerprint density at radius 2 is 1.97 bits per heavy atom. The number of amides is 2. The van der Waals surface area contributed by atoms with Gasteiger partial charge in [0.25, 0.3) is 0 Å². The molecular formula is C22H27N3O4. The number of aromatic nitrogens is 1. The van der Waals surface area contributed by atoms with Gasteiger partial charge in [0.1, 0.15) is 24.8 Å². The molecule has 1 unspecified atom stereocenters. The van der Waals surface area contributed by atoms with Crippen molar-refractivity contribution in [1.29, 1.82) is 0 Å². The van der Waals surface area contributed by atoms with Crippen LogP contribution < -0.4 is 10.1 Å². The monoisotopic (exact) mass is 397 g/mol. The number of nitrogens with one attached hydrogen (secondary N) is 1. The van der Waals surface area contributed by atoms with Gasteiger partial charge in [0.2, 0.25) is 11.8 Å². The number of nitrogens with zero attached hydrogens (tertiary/aromatic N) is 2. The molecule has 0 aliphatic carbocycles. The molecule has 2 amide bonds.